The molecule has 2 heterocycles. The minimum absolute atomic E-state index is 0.394. The molecular weight excluding hydrogens is 268 g/mol. The first kappa shape index (κ1) is 13.6. The Bertz CT molecular complexity index is 554. The minimum atomic E-state index is 0.394. The van der Waals surface area contributed by atoms with Crippen LogP contribution in [0.3, 0.4) is 0 Å². The highest BCUT2D eigenvalue weighted by atomic mass is 32.1. The van der Waals surface area contributed by atoms with E-state index >= 15 is 0 Å². The SMILES string of the molecule is Cc1cccc2c1OCCCC2NCCc1cscn1. The second-order valence-electron chi connectivity index (χ2n) is 5.22. The molecule has 0 spiro atoms. The van der Waals surface area contributed by atoms with E-state index in [-0.39, 0.29) is 0 Å². The summed E-state index contributed by atoms with van der Waals surface area (Å²) in [7, 11) is 0. The largest absolute Gasteiger partial charge is 0.493 e. The van der Waals surface area contributed by atoms with Gasteiger partial charge in [0.15, 0.2) is 0 Å². The van der Waals surface area contributed by atoms with Crippen LogP contribution in [0.4, 0.5) is 0 Å². The number of benzene rings is 1. The van der Waals surface area contributed by atoms with Crippen LogP contribution in [-0.4, -0.2) is 18.1 Å². The Kier molecular flexibility index (Phi) is 4.33. The Hall–Kier alpha value is -1.39. The maximum atomic E-state index is 5.91. The van der Waals surface area contributed by atoms with Crippen LogP contribution in [0.2, 0.25) is 0 Å². The lowest BCUT2D eigenvalue weighted by Crippen LogP contribution is -2.23. The number of hydrogen-bond acceptors (Lipinski definition) is 4. The fourth-order valence-electron chi connectivity index (χ4n) is 2.71. The van der Waals surface area contributed by atoms with Crippen LogP contribution in [-0.2, 0) is 6.42 Å². The fourth-order valence-corrected chi connectivity index (χ4v) is 3.30. The van der Waals surface area contributed by atoms with Crippen LogP contribution in [0.15, 0.2) is 29.1 Å². The number of thiazole rings is 1. The molecule has 0 saturated carbocycles. The quantitative estimate of drug-likeness (QED) is 0.935. The van der Waals surface area contributed by atoms with E-state index in [9.17, 15) is 0 Å². The summed E-state index contributed by atoms with van der Waals surface area (Å²) in [5.41, 5.74) is 5.61. The molecule has 0 aliphatic carbocycles. The van der Waals surface area contributed by atoms with Crippen molar-refractivity contribution in [1.82, 2.24) is 10.3 Å². The molecule has 1 atom stereocenters. The standard InChI is InChI=1S/C16H20N2OS/c1-12-4-2-5-14-15(6-3-9-19-16(12)14)17-8-7-13-10-20-11-18-13/h2,4-5,10-11,15,17H,3,6-9H2,1H3. The molecule has 1 aromatic heterocycles. The van der Waals surface area contributed by atoms with Gasteiger partial charge in [0.05, 0.1) is 17.8 Å². The van der Waals surface area contributed by atoms with Gasteiger partial charge in [0.2, 0.25) is 0 Å². The van der Waals surface area contributed by atoms with E-state index in [2.05, 4.69) is 40.8 Å². The molecule has 0 bridgehead atoms. The number of fused-ring (bicyclic) bond motifs is 1. The first-order valence-electron chi connectivity index (χ1n) is 7.17. The number of para-hydroxylation sites is 1. The number of aromatic nitrogens is 1. The molecule has 1 aromatic carbocycles. The van der Waals surface area contributed by atoms with Gasteiger partial charge in [-0.25, -0.2) is 4.98 Å². The van der Waals surface area contributed by atoms with Crippen molar-refractivity contribution in [2.75, 3.05) is 13.2 Å². The van der Waals surface area contributed by atoms with Gasteiger partial charge in [0, 0.05) is 30.0 Å². The average molecular weight is 288 g/mol. The molecule has 1 unspecified atom stereocenters. The van der Waals surface area contributed by atoms with E-state index in [0.29, 0.717) is 6.04 Å². The molecular formula is C16H20N2OS. The van der Waals surface area contributed by atoms with E-state index in [1.54, 1.807) is 11.3 Å². The molecule has 0 amide bonds. The zero-order valence-corrected chi connectivity index (χ0v) is 12.6. The van der Waals surface area contributed by atoms with E-state index in [0.717, 1.165) is 38.2 Å². The third-order valence-electron chi connectivity index (χ3n) is 3.76. The number of hydrogen-bond donors (Lipinski definition) is 1. The molecule has 1 aliphatic heterocycles. The third kappa shape index (κ3) is 3.02. The summed E-state index contributed by atoms with van der Waals surface area (Å²) >= 11 is 1.66. The molecule has 1 aliphatic rings. The lowest BCUT2D eigenvalue weighted by atomic mass is 10.00. The number of nitrogens with one attached hydrogen (secondary N) is 1. The van der Waals surface area contributed by atoms with Crippen LogP contribution in [0, 0.1) is 6.92 Å². The Balaban J connectivity index is 1.68. The highest BCUT2D eigenvalue weighted by Crippen LogP contribution is 2.33. The second-order valence-corrected chi connectivity index (χ2v) is 5.94. The van der Waals surface area contributed by atoms with Gasteiger partial charge < -0.3 is 10.1 Å². The van der Waals surface area contributed by atoms with Gasteiger partial charge in [-0.3, -0.25) is 0 Å². The van der Waals surface area contributed by atoms with Gasteiger partial charge in [-0.15, -0.1) is 11.3 Å². The molecule has 1 N–H and O–H groups in total. The second kappa shape index (κ2) is 6.37. The van der Waals surface area contributed by atoms with Crippen molar-refractivity contribution in [1.29, 1.82) is 0 Å². The molecule has 0 radical (unpaired) electrons. The lowest BCUT2D eigenvalue weighted by Gasteiger charge is -2.19. The number of nitrogens with zero attached hydrogens (tertiary/aromatic N) is 1. The molecule has 3 nitrogen and oxygen atoms in total. The highest BCUT2D eigenvalue weighted by molar-refractivity contribution is 7.07. The Morgan fingerprint density at radius 3 is 3.25 bits per heavy atom. The molecule has 3 rings (SSSR count). The normalized spacial score (nSPS) is 18.1. The van der Waals surface area contributed by atoms with Crippen LogP contribution in [0.25, 0.3) is 0 Å². The monoisotopic (exact) mass is 288 g/mol. The van der Waals surface area contributed by atoms with Gasteiger partial charge in [0.25, 0.3) is 0 Å². The van der Waals surface area contributed by atoms with Crippen LogP contribution in [0.1, 0.15) is 35.7 Å². The summed E-state index contributed by atoms with van der Waals surface area (Å²) in [6, 6.07) is 6.83. The van der Waals surface area contributed by atoms with Crippen LogP contribution in [0.5, 0.6) is 5.75 Å². The topological polar surface area (TPSA) is 34.1 Å². The van der Waals surface area contributed by atoms with E-state index in [1.165, 1.54) is 16.8 Å². The maximum Gasteiger partial charge on any atom is 0.126 e. The lowest BCUT2D eigenvalue weighted by molar-refractivity contribution is 0.313. The van der Waals surface area contributed by atoms with Crippen molar-refractivity contribution in [3.63, 3.8) is 0 Å². The van der Waals surface area contributed by atoms with Crippen molar-refractivity contribution in [2.45, 2.75) is 32.2 Å². The van der Waals surface area contributed by atoms with E-state index in [4.69, 9.17) is 4.74 Å². The summed E-state index contributed by atoms with van der Waals surface area (Å²) in [5, 5.41) is 5.79. The summed E-state index contributed by atoms with van der Waals surface area (Å²) in [4.78, 5) is 4.33. The third-order valence-corrected chi connectivity index (χ3v) is 4.39. The zero-order valence-electron chi connectivity index (χ0n) is 11.8. The van der Waals surface area contributed by atoms with Crippen molar-refractivity contribution in [3.05, 3.63) is 45.9 Å². The molecule has 20 heavy (non-hydrogen) atoms. The fraction of sp³-hybridized carbons (Fsp3) is 0.438. The van der Waals surface area contributed by atoms with E-state index < -0.39 is 0 Å². The van der Waals surface area contributed by atoms with Gasteiger partial charge in [-0.1, -0.05) is 18.2 Å². The summed E-state index contributed by atoms with van der Waals surface area (Å²) in [6.07, 6.45) is 3.22. The average Bonchev–Trinajstić information content (AvgIpc) is 2.87. The van der Waals surface area contributed by atoms with E-state index in [1.807, 2.05) is 5.51 Å². The van der Waals surface area contributed by atoms with Gasteiger partial charge >= 0.3 is 0 Å². The van der Waals surface area contributed by atoms with Gasteiger partial charge in [0.1, 0.15) is 5.75 Å². The molecule has 0 saturated heterocycles. The van der Waals surface area contributed by atoms with Crippen molar-refractivity contribution < 1.29 is 4.74 Å². The Labute approximate surface area is 124 Å². The van der Waals surface area contributed by atoms with Crippen molar-refractivity contribution >= 4 is 11.3 Å². The predicted octanol–water partition coefficient (Wildman–Crippen LogP) is 3.50. The van der Waals surface area contributed by atoms with Crippen LogP contribution < -0.4 is 10.1 Å². The van der Waals surface area contributed by atoms with Crippen molar-refractivity contribution in [2.24, 2.45) is 0 Å². The summed E-state index contributed by atoms with van der Waals surface area (Å²) in [6.45, 7) is 3.90. The molecule has 106 valence electrons. The van der Waals surface area contributed by atoms with Crippen LogP contribution >= 0.6 is 11.3 Å². The first-order valence-corrected chi connectivity index (χ1v) is 8.11. The number of ether oxygens (including phenoxy) is 1. The minimum Gasteiger partial charge on any atom is -0.493 e. The zero-order chi connectivity index (χ0) is 13.8. The van der Waals surface area contributed by atoms with Gasteiger partial charge in [-0.05, 0) is 25.3 Å². The number of aryl methyl sites for hydroxylation is 1. The Morgan fingerprint density at radius 2 is 2.40 bits per heavy atom. The molecule has 0 fully saturated rings. The molecule has 4 heteroatoms. The highest BCUT2D eigenvalue weighted by Gasteiger charge is 2.20. The smallest absolute Gasteiger partial charge is 0.126 e. The van der Waals surface area contributed by atoms with Gasteiger partial charge in [-0.2, -0.15) is 0 Å². The maximum absolute atomic E-state index is 5.91. The Morgan fingerprint density at radius 1 is 1.45 bits per heavy atom. The summed E-state index contributed by atoms with van der Waals surface area (Å²) in [5.74, 6) is 1.08. The first-order chi connectivity index (χ1) is 9.84. The predicted molar refractivity (Wildman–Crippen MR) is 82.5 cm³/mol. The number of rotatable bonds is 4. The summed E-state index contributed by atoms with van der Waals surface area (Å²) < 4.78 is 5.91. The van der Waals surface area contributed by atoms with Crippen molar-refractivity contribution in [3.8, 4) is 5.75 Å². The molecule has 2 aromatic rings.